The van der Waals surface area contributed by atoms with E-state index in [0.29, 0.717) is 11.3 Å². The van der Waals surface area contributed by atoms with Gasteiger partial charge in [0.25, 0.3) is 15.6 Å². The van der Waals surface area contributed by atoms with Gasteiger partial charge in [-0.05, 0) is 36.8 Å². The zero-order valence-corrected chi connectivity index (χ0v) is 16.0. The molecule has 0 aliphatic carbocycles. The maximum Gasteiger partial charge on any atom is 0.268 e. The smallest absolute Gasteiger partial charge is 0.268 e. The SMILES string of the molecule is Cc1c(C=Nc2ccc(S(=O)(=O)Nc3nccs3)cc2)c(O)[nH]c(=O)c1C#N. The van der Waals surface area contributed by atoms with Crippen molar-refractivity contribution in [2.24, 2.45) is 4.99 Å². The summed E-state index contributed by atoms with van der Waals surface area (Å²) in [5.74, 6) is -0.405. The zero-order chi connectivity index (χ0) is 20.3. The van der Waals surface area contributed by atoms with Crippen molar-refractivity contribution < 1.29 is 13.5 Å². The van der Waals surface area contributed by atoms with E-state index in [9.17, 15) is 18.3 Å². The number of aliphatic imine (C=N–C) groups is 1. The summed E-state index contributed by atoms with van der Waals surface area (Å²) in [5.41, 5.74) is 0.0974. The number of nitrogens with one attached hydrogen (secondary N) is 2. The van der Waals surface area contributed by atoms with E-state index in [4.69, 9.17) is 5.26 Å². The molecule has 2 aromatic heterocycles. The Bertz CT molecular complexity index is 1240. The van der Waals surface area contributed by atoms with Gasteiger partial charge >= 0.3 is 0 Å². The lowest BCUT2D eigenvalue weighted by Crippen LogP contribution is -2.14. The molecule has 0 radical (unpaired) electrons. The van der Waals surface area contributed by atoms with E-state index in [1.807, 2.05) is 0 Å². The lowest BCUT2D eigenvalue weighted by molar-refractivity contribution is 0.450. The molecule has 0 amide bonds. The fraction of sp³-hybridized carbons (Fsp3) is 0.0588. The average molecular weight is 415 g/mol. The molecule has 0 bridgehead atoms. The number of thiazole rings is 1. The number of hydrogen-bond donors (Lipinski definition) is 3. The maximum absolute atomic E-state index is 12.3. The Kier molecular flexibility index (Phi) is 5.25. The summed E-state index contributed by atoms with van der Waals surface area (Å²) in [5, 5.41) is 20.8. The molecule has 0 fully saturated rings. The van der Waals surface area contributed by atoms with Crippen LogP contribution < -0.4 is 10.3 Å². The molecule has 0 atom stereocenters. The van der Waals surface area contributed by atoms with Gasteiger partial charge in [-0.15, -0.1) is 11.3 Å². The molecule has 2 heterocycles. The topological polar surface area (TPSA) is 148 Å². The van der Waals surface area contributed by atoms with Crippen LogP contribution in [0.4, 0.5) is 10.8 Å². The Hall–Kier alpha value is -3.49. The van der Waals surface area contributed by atoms with Gasteiger partial charge in [0.15, 0.2) is 5.13 Å². The summed E-state index contributed by atoms with van der Waals surface area (Å²) in [7, 11) is -3.76. The number of aromatic amines is 1. The summed E-state index contributed by atoms with van der Waals surface area (Å²) in [6, 6.07) is 7.50. The minimum absolute atomic E-state index is 0.0384. The number of aromatic hydroxyl groups is 1. The van der Waals surface area contributed by atoms with Crippen molar-refractivity contribution in [3.8, 4) is 11.9 Å². The van der Waals surface area contributed by atoms with E-state index < -0.39 is 21.5 Å². The van der Waals surface area contributed by atoms with E-state index in [0.717, 1.165) is 11.3 Å². The molecule has 0 saturated heterocycles. The molecule has 1 aromatic carbocycles. The van der Waals surface area contributed by atoms with Crippen molar-refractivity contribution in [3.05, 3.63) is 62.9 Å². The average Bonchev–Trinajstić information content (AvgIpc) is 3.14. The van der Waals surface area contributed by atoms with Crippen LogP contribution in [0.3, 0.4) is 0 Å². The minimum atomic E-state index is -3.76. The number of rotatable bonds is 5. The van der Waals surface area contributed by atoms with Crippen LogP contribution in [-0.4, -0.2) is 29.7 Å². The summed E-state index contributed by atoms with van der Waals surface area (Å²) in [6.07, 6.45) is 2.78. The van der Waals surface area contributed by atoms with Gasteiger partial charge in [-0.3, -0.25) is 19.5 Å². The molecule has 3 N–H and O–H groups in total. The van der Waals surface area contributed by atoms with Crippen LogP contribution in [0.2, 0.25) is 0 Å². The van der Waals surface area contributed by atoms with Crippen LogP contribution in [0.1, 0.15) is 16.7 Å². The van der Waals surface area contributed by atoms with E-state index in [-0.39, 0.29) is 21.2 Å². The second kappa shape index (κ2) is 7.63. The molecule has 0 unspecified atom stereocenters. The number of sulfonamides is 1. The maximum atomic E-state index is 12.3. The van der Waals surface area contributed by atoms with E-state index >= 15 is 0 Å². The summed E-state index contributed by atoms with van der Waals surface area (Å²) < 4.78 is 27.0. The lowest BCUT2D eigenvalue weighted by Gasteiger charge is -2.06. The first kappa shape index (κ1) is 19.3. The number of benzene rings is 1. The third-order valence-electron chi connectivity index (χ3n) is 3.75. The Labute approximate surface area is 163 Å². The van der Waals surface area contributed by atoms with Crippen molar-refractivity contribution in [2.75, 3.05) is 4.72 Å². The molecule has 11 heteroatoms. The highest BCUT2D eigenvalue weighted by Crippen LogP contribution is 2.22. The predicted molar refractivity (Wildman–Crippen MR) is 105 cm³/mol. The Morgan fingerprint density at radius 1 is 1.36 bits per heavy atom. The van der Waals surface area contributed by atoms with Crippen molar-refractivity contribution in [1.82, 2.24) is 9.97 Å². The lowest BCUT2D eigenvalue weighted by atomic mass is 10.1. The number of hydrogen-bond acceptors (Lipinski definition) is 8. The van der Waals surface area contributed by atoms with Crippen molar-refractivity contribution >= 4 is 38.4 Å². The van der Waals surface area contributed by atoms with Crippen LogP contribution in [0, 0.1) is 18.3 Å². The van der Waals surface area contributed by atoms with Crippen molar-refractivity contribution in [2.45, 2.75) is 11.8 Å². The molecule has 3 aromatic rings. The van der Waals surface area contributed by atoms with Crippen LogP contribution in [0.25, 0.3) is 0 Å². The minimum Gasteiger partial charge on any atom is -0.494 e. The number of anilines is 1. The zero-order valence-electron chi connectivity index (χ0n) is 14.4. The van der Waals surface area contributed by atoms with Crippen LogP contribution in [0.5, 0.6) is 5.88 Å². The molecule has 0 spiro atoms. The molecular weight excluding hydrogens is 402 g/mol. The van der Waals surface area contributed by atoms with Crippen LogP contribution >= 0.6 is 11.3 Å². The van der Waals surface area contributed by atoms with Gasteiger partial charge in [-0.25, -0.2) is 13.4 Å². The normalized spacial score (nSPS) is 11.4. The fourth-order valence-electron chi connectivity index (χ4n) is 2.31. The molecule has 3 rings (SSSR count). The van der Waals surface area contributed by atoms with Gasteiger partial charge in [0.2, 0.25) is 5.88 Å². The van der Waals surface area contributed by atoms with Crippen molar-refractivity contribution in [3.63, 3.8) is 0 Å². The largest absolute Gasteiger partial charge is 0.494 e. The molecule has 0 aliphatic heterocycles. The predicted octanol–water partition coefficient (Wildman–Crippen LogP) is 2.27. The number of aromatic nitrogens is 2. The van der Waals surface area contributed by atoms with Crippen LogP contribution in [-0.2, 0) is 10.0 Å². The van der Waals surface area contributed by atoms with Crippen molar-refractivity contribution in [1.29, 1.82) is 5.26 Å². The van der Waals surface area contributed by atoms with E-state index in [2.05, 4.69) is 19.7 Å². The number of H-pyrrole nitrogens is 1. The third kappa shape index (κ3) is 3.93. The van der Waals surface area contributed by atoms with Gasteiger partial charge in [0.05, 0.1) is 16.1 Å². The first-order valence-electron chi connectivity index (χ1n) is 7.74. The molecular formula is C17H13N5O4S2. The van der Waals surface area contributed by atoms with Crippen LogP contribution in [0.15, 0.2) is 50.5 Å². The Balaban J connectivity index is 1.86. The third-order valence-corrected chi connectivity index (χ3v) is 5.92. The number of pyridine rings is 1. The fourth-order valence-corrected chi connectivity index (χ4v) is 4.10. The van der Waals surface area contributed by atoms with Gasteiger partial charge in [0, 0.05) is 17.8 Å². The van der Waals surface area contributed by atoms with Gasteiger partial charge < -0.3 is 5.11 Å². The standard InChI is InChI=1S/C17H13N5O4S2/c1-10-13(8-18)15(23)21-16(24)14(10)9-20-11-2-4-12(5-3-11)28(25,26)22-17-19-6-7-27-17/h2-7,9H,1H3,(H,19,22)(H2,21,23,24). The molecule has 142 valence electrons. The molecule has 9 nitrogen and oxygen atoms in total. The number of nitrogens with zero attached hydrogens (tertiary/aromatic N) is 3. The number of nitriles is 1. The highest BCUT2D eigenvalue weighted by molar-refractivity contribution is 7.93. The second-order valence-electron chi connectivity index (χ2n) is 5.52. The molecule has 0 saturated carbocycles. The van der Waals surface area contributed by atoms with E-state index in [1.54, 1.807) is 11.4 Å². The molecule has 0 aliphatic rings. The Morgan fingerprint density at radius 3 is 2.68 bits per heavy atom. The quantitative estimate of drug-likeness (QED) is 0.544. The van der Waals surface area contributed by atoms with E-state index in [1.165, 1.54) is 43.6 Å². The highest BCUT2D eigenvalue weighted by atomic mass is 32.2. The summed E-state index contributed by atoms with van der Waals surface area (Å²) in [4.78, 5) is 21.9. The first-order valence-corrected chi connectivity index (χ1v) is 10.1. The highest BCUT2D eigenvalue weighted by Gasteiger charge is 2.15. The van der Waals surface area contributed by atoms with Gasteiger partial charge in [0.1, 0.15) is 11.6 Å². The van der Waals surface area contributed by atoms with Gasteiger partial charge in [-0.2, -0.15) is 5.26 Å². The Morgan fingerprint density at radius 2 is 2.07 bits per heavy atom. The second-order valence-corrected chi connectivity index (χ2v) is 8.10. The van der Waals surface area contributed by atoms with Gasteiger partial charge in [-0.1, -0.05) is 0 Å². The summed E-state index contributed by atoms with van der Waals surface area (Å²) in [6.45, 7) is 1.52. The summed E-state index contributed by atoms with van der Waals surface area (Å²) >= 11 is 1.16. The monoisotopic (exact) mass is 415 g/mol. The molecule has 28 heavy (non-hydrogen) atoms. The first-order chi connectivity index (χ1) is 13.3.